The molecule has 88 valence electrons. The van der Waals surface area contributed by atoms with Gasteiger partial charge in [-0.15, -0.1) is 0 Å². The lowest BCUT2D eigenvalue weighted by atomic mass is 10.2. The molecule has 4 nitrogen and oxygen atoms in total. The molecule has 16 heavy (non-hydrogen) atoms. The summed E-state index contributed by atoms with van der Waals surface area (Å²) in [5, 5.41) is 12.2. The van der Waals surface area contributed by atoms with Crippen LogP contribution in [0.4, 0.5) is 0 Å². The van der Waals surface area contributed by atoms with Crippen LogP contribution in [0.3, 0.4) is 0 Å². The average molecular weight is 223 g/mol. The van der Waals surface area contributed by atoms with Crippen molar-refractivity contribution in [1.29, 1.82) is 0 Å². The topological polar surface area (TPSA) is 62.5 Å². The normalized spacial score (nSPS) is 17.4. The van der Waals surface area contributed by atoms with E-state index in [1.807, 2.05) is 0 Å². The van der Waals surface area contributed by atoms with Crippen LogP contribution in [0.15, 0.2) is 10.5 Å². The Morgan fingerprint density at radius 1 is 1.69 bits per heavy atom. The molecule has 1 unspecified atom stereocenters. The fraction of sp³-hybridized carbons (Fsp3) is 0.583. The molecule has 1 aliphatic carbocycles. The minimum absolute atomic E-state index is 0.0216. The van der Waals surface area contributed by atoms with Crippen molar-refractivity contribution >= 4 is 5.97 Å². The maximum atomic E-state index is 10.7. The van der Waals surface area contributed by atoms with E-state index in [9.17, 15) is 4.79 Å². The number of hydrogen-bond donors (Lipinski definition) is 2. The minimum Gasteiger partial charge on any atom is -0.475 e. The highest BCUT2D eigenvalue weighted by atomic mass is 16.4. The van der Waals surface area contributed by atoms with Crippen molar-refractivity contribution in [3.8, 4) is 0 Å². The first-order valence-electron chi connectivity index (χ1n) is 5.64. The SMILES string of the molecule is Cc1oc(C(=O)O)cc1CNC(C)C1CC1. The maximum absolute atomic E-state index is 10.7. The van der Waals surface area contributed by atoms with Crippen molar-refractivity contribution < 1.29 is 14.3 Å². The Morgan fingerprint density at radius 2 is 2.38 bits per heavy atom. The number of carboxylic acids is 1. The van der Waals surface area contributed by atoms with Gasteiger partial charge in [0, 0.05) is 18.2 Å². The molecule has 1 heterocycles. The number of carbonyl (C=O) groups is 1. The molecule has 1 atom stereocenters. The van der Waals surface area contributed by atoms with Gasteiger partial charge in [-0.05, 0) is 38.7 Å². The molecule has 1 saturated carbocycles. The van der Waals surface area contributed by atoms with E-state index in [4.69, 9.17) is 9.52 Å². The molecule has 0 saturated heterocycles. The van der Waals surface area contributed by atoms with Crippen LogP contribution in [0, 0.1) is 12.8 Å². The van der Waals surface area contributed by atoms with Crippen LogP contribution in [0.2, 0.25) is 0 Å². The smallest absolute Gasteiger partial charge is 0.371 e. The summed E-state index contributed by atoms with van der Waals surface area (Å²) in [4.78, 5) is 10.7. The lowest BCUT2D eigenvalue weighted by Crippen LogP contribution is -2.27. The van der Waals surface area contributed by atoms with Crippen molar-refractivity contribution in [2.24, 2.45) is 5.92 Å². The average Bonchev–Trinajstić information content (AvgIpc) is 3.00. The van der Waals surface area contributed by atoms with Crippen LogP contribution in [0.1, 0.15) is 41.6 Å². The standard InChI is InChI=1S/C12H17NO3/c1-7(9-3-4-9)13-6-10-5-11(12(14)15)16-8(10)2/h5,7,9,13H,3-4,6H2,1-2H3,(H,14,15). The Labute approximate surface area is 94.6 Å². The Bertz CT molecular complexity index is 393. The second-order valence-electron chi connectivity index (χ2n) is 4.50. The van der Waals surface area contributed by atoms with Gasteiger partial charge in [-0.1, -0.05) is 0 Å². The maximum Gasteiger partial charge on any atom is 0.371 e. The fourth-order valence-electron chi connectivity index (χ4n) is 1.83. The molecule has 1 fully saturated rings. The second-order valence-corrected chi connectivity index (χ2v) is 4.50. The Hall–Kier alpha value is -1.29. The van der Waals surface area contributed by atoms with Crippen LogP contribution in [0.25, 0.3) is 0 Å². The molecule has 0 amide bonds. The third-order valence-electron chi connectivity index (χ3n) is 3.17. The van der Waals surface area contributed by atoms with E-state index in [0.717, 1.165) is 11.5 Å². The molecule has 0 aromatic carbocycles. The summed E-state index contributed by atoms with van der Waals surface area (Å²) in [6, 6.07) is 2.10. The van der Waals surface area contributed by atoms with Gasteiger partial charge in [-0.3, -0.25) is 0 Å². The Kier molecular flexibility index (Phi) is 3.01. The number of aryl methyl sites for hydroxylation is 1. The van der Waals surface area contributed by atoms with E-state index in [0.29, 0.717) is 18.3 Å². The van der Waals surface area contributed by atoms with Crippen LogP contribution >= 0.6 is 0 Å². The zero-order valence-electron chi connectivity index (χ0n) is 9.62. The van der Waals surface area contributed by atoms with Gasteiger partial charge in [0.25, 0.3) is 0 Å². The third-order valence-corrected chi connectivity index (χ3v) is 3.17. The monoisotopic (exact) mass is 223 g/mol. The molecule has 1 aromatic heterocycles. The van der Waals surface area contributed by atoms with Crippen molar-refractivity contribution in [2.75, 3.05) is 0 Å². The Morgan fingerprint density at radius 3 is 2.88 bits per heavy atom. The largest absolute Gasteiger partial charge is 0.475 e. The lowest BCUT2D eigenvalue weighted by molar-refractivity contribution is 0.0661. The first kappa shape index (κ1) is 11.2. The predicted octanol–water partition coefficient (Wildman–Crippen LogP) is 2.17. The molecule has 0 spiro atoms. The van der Waals surface area contributed by atoms with Gasteiger partial charge in [0.1, 0.15) is 5.76 Å². The molecule has 0 radical (unpaired) electrons. The predicted molar refractivity (Wildman–Crippen MR) is 59.4 cm³/mol. The van der Waals surface area contributed by atoms with Crippen molar-refractivity contribution in [1.82, 2.24) is 5.32 Å². The number of aromatic carboxylic acids is 1. The summed E-state index contributed by atoms with van der Waals surface area (Å²) in [7, 11) is 0. The van der Waals surface area contributed by atoms with Gasteiger partial charge in [0.15, 0.2) is 0 Å². The summed E-state index contributed by atoms with van der Waals surface area (Å²) in [6.07, 6.45) is 2.61. The first-order valence-corrected chi connectivity index (χ1v) is 5.64. The van der Waals surface area contributed by atoms with Crippen LogP contribution in [0.5, 0.6) is 0 Å². The number of furan rings is 1. The van der Waals surface area contributed by atoms with Crippen LogP contribution in [-0.2, 0) is 6.54 Å². The fourth-order valence-corrected chi connectivity index (χ4v) is 1.83. The zero-order valence-corrected chi connectivity index (χ0v) is 9.62. The summed E-state index contributed by atoms with van der Waals surface area (Å²) in [6.45, 7) is 4.65. The number of rotatable bonds is 5. The van der Waals surface area contributed by atoms with Crippen molar-refractivity contribution in [2.45, 2.75) is 39.3 Å². The van der Waals surface area contributed by atoms with E-state index in [1.54, 1.807) is 13.0 Å². The molecule has 0 bridgehead atoms. The first-order chi connectivity index (χ1) is 7.58. The third kappa shape index (κ3) is 2.44. The van der Waals surface area contributed by atoms with Crippen molar-refractivity contribution in [3.05, 3.63) is 23.2 Å². The van der Waals surface area contributed by atoms with Gasteiger partial charge in [-0.2, -0.15) is 0 Å². The molecule has 0 aliphatic heterocycles. The van der Waals surface area contributed by atoms with Crippen LogP contribution in [-0.4, -0.2) is 17.1 Å². The molecular weight excluding hydrogens is 206 g/mol. The van der Waals surface area contributed by atoms with Gasteiger partial charge in [0.2, 0.25) is 5.76 Å². The van der Waals surface area contributed by atoms with Gasteiger partial charge in [-0.25, -0.2) is 4.79 Å². The minimum atomic E-state index is -1.01. The highest BCUT2D eigenvalue weighted by Gasteiger charge is 2.27. The second kappa shape index (κ2) is 4.29. The molecule has 2 rings (SSSR count). The van der Waals surface area contributed by atoms with E-state index >= 15 is 0 Å². The molecule has 1 aromatic rings. The van der Waals surface area contributed by atoms with Gasteiger partial charge in [0.05, 0.1) is 0 Å². The van der Waals surface area contributed by atoms with Crippen molar-refractivity contribution in [3.63, 3.8) is 0 Å². The highest BCUT2D eigenvalue weighted by molar-refractivity contribution is 5.84. The molecular formula is C12H17NO3. The number of carboxylic acid groups (broad SMARTS) is 1. The quantitative estimate of drug-likeness (QED) is 0.803. The summed E-state index contributed by atoms with van der Waals surface area (Å²) in [5.41, 5.74) is 0.935. The summed E-state index contributed by atoms with van der Waals surface area (Å²) < 4.78 is 5.14. The van der Waals surface area contributed by atoms with Crippen LogP contribution < -0.4 is 5.32 Å². The zero-order chi connectivity index (χ0) is 11.7. The number of hydrogen-bond acceptors (Lipinski definition) is 3. The molecule has 4 heteroatoms. The van der Waals surface area contributed by atoms with E-state index in [1.165, 1.54) is 12.8 Å². The van der Waals surface area contributed by atoms with Gasteiger partial charge < -0.3 is 14.8 Å². The molecule has 1 aliphatic rings. The van der Waals surface area contributed by atoms with E-state index in [2.05, 4.69) is 12.2 Å². The summed E-state index contributed by atoms with van der Waals surface area (Å²) >= 11 is 0. The highest BCUT2D eigenvalue weighted by Crippen LogP contribution is 2.32. The van der Waals surface area contributed by atoms with E-state index in [-0.39, 0.29) is 5.76 Å². The number of nitrogens with one attached hydrogen (secondary N) is 1. The Balaban J connectivity index is 1.95. The van der Waals surface area contributed by atoms with Gasteiger partial charge >= 0.3 is 5.97 Å². The molecule has 2 N–H and O–H groups in total. The summed E-state index contributed by atoms with van der Waals surface area (Å²) in [5.74, 6) is 0.497. The lowest BCUT2D eigenvalue weighted by Gasteiger charge is -2.11. The van der Waals surface area contributed by atoms with E-state index < -0.39 is 5.97 Å².